The lowest BCUT2D eigenvalue weighted by atomic mass is 10.0. The van der Waals surface area contributed by atoms with Crippen molar-refractivity contribution >= 4 is 16.9 Å². The minimum absolute atomic E-state index is 0.205. The van der Waals surface area contributed by atoms with Crippen molar-refractivity contribution in [2.24, 2.45) is 0 Å². The molecule has 0 aliphatic heterocycles. The fraction of sp³-hybridized carbons (Fsp3) is 0.267. The van der Waals surface area contributed by atoms with Crippen LogP contribution >= 0.6 is 0 Å². The van der Waals surface area contributed by atoms with Crippen molar-refractivity contribution in [1.82, 2.24) is 0 Å². The number of hydrogen-bond donors (Lipinski definition) is 0. The zero-order valence-corrected chi connectivity index (χ0v) is 10.6. The van der Waals surface area contributed by atoms with Crippen molar-refractivity contribution in [3.8, 4) is 0 Å². The summed E-state index contributed by atoms with van der Waals surface area (Å²) in [7, 11) is 1.31. The van der Waals surface area contributed by atoms with Gasteiger partial charge in [0.2, 0.25) is 0 Å². The van der Waals surface area contributed by atoms with E-state index in [1.807, 2.05) is 25.1 Å². The molecule has 0 saturated carbocycles. The Morgan fingerprint density at radius 3 is 2.67 bits per heavy atom. The lowest BCUT2D eigenvalue weighted by Gasteiger charge is -2.13. The molecule has 0 fully saturated rings. The maximum absolute atomic E-state index is 11.0. The molecule has 0 aliphatic carbocycles. The van der Waals surface area contributed by atoms with Crippen LogP contribution in [0.2, 0.25) is 0 Å². The van der Waals surface area contributed by atoms with Crippen molar-refractivity contribution in [3.05, 3.63) is 48.0 Å². The average molecular weight is 244 g/mol. The maximum Gasteiger partial charge on any atom is 0.508 e. The fourth-order valence-corrected chi connectivity index (χ4v) is 2.03. The third-order valence-corrected chi connectivity index (χ3v) is 2.85. The number of benzene rings is 2. The van der Waals surface area contributed by atoms with Gasteiger partial charge in [-0.05, 0) is 23.3 Å². The molecule has 0 saturated heterocycles. The summed E-state index contributed by atoms with van der Waals surface area (Å²) < 4.78 is 9.58. The van der Waals surface area contributed by atoms with Gasteiger partial charge in [-0.25, -0.2) is 4.79 Å². The Hall–Kier alpha value is -2.03. The molecule has 2 aromatic rings. The first-order valence-electron chi connectivity index (χ1n) is 5.92. The number of rotatable bonds is 3. The lowest BCUT2D eigenvalue weighted by molar-refractivity contribution is 0.0438. The van der Waals surface area contributed by atoms with E-state index in [1.54, 1.807) is 0 Å². The maximum atomic E-state index is 11.0. The Balaban J connectivity index is 2.19. The van der Waals surface area contributed by atoms with E-state index in [0.29, 0.717) is 6.42 Å². The van der Waals surface area contributed by atoms with Crippen molar-refractivity contribution in [2.75, 3.05) is 7.11 Å². The van der Waals surface area contributed by atoms with Crippen LogP contribution in [0.1, 0.15) is 12.5 Å². The highest BCUT2D eigenvalue weighted by Gasteiger charge is 2.11. The Labute approximate surface area is 106 Å². The van der Waals surface area contributed by atoms with Crippen molar-refractivity contribution in [1.29, 1.82) is 0 Å². The molecule has 0 N–H and O–H groups in total. The molecular formula is C15H16O3. The van der Waals surface area contributed by atoms with E-state index in [9.17, 15) is 4.79 Å². The standard InChI is InChI=1S/C15H16O3/c1-11(18-15(16)17-2)10-13-8-5-7-12-6-3-4-9-14(12)13/h3-9,11H,10H2,1-2H3. The molecule has 0 radical (unpaired) electrons. The second kappa shape index (κ2) is 5.54. The van der Waals surface area contributed by atoms with Gasteiger partial charge in [-0.15, -0.1) is 0 Å². The van der Waals surface area contributed by atoms with Crippen LogP contribution in [0.4, 0.5) is 4.79 Å². The van der Waals surface area contributed by atoms with Gasteiger partial charge in [0.25, 0.3) is 0 Å². The highest BCUT2D eigenvalue weighted by molar-refractivity contribution is 5.85. The summed E-state index contributed by atoms with van der Waals surface area (Å²) in [5.74, 6) is 0. The molecule has 3 heteroatoms. The first kappa shape index (κ1) is 12.4. The molecule has 0 aromatic heterocycles. The number of carbonyl (C=O) groups excluding carboxylic acids is 1. The molecule has 1 atom stereocenters. The summed E-state index contributed by atoms with van der Waals surface area (Å²) in [5, 5.41) is 2.39. The lowest BCUT2D eigenvalue weighted by Crippen LogP contribution is -2.17. The van der Waals surface area contributed by atoms with Crippen LogP contribution in [-0.2, 0) is 15.9 Å². The van der Waals surface area contributed by atoms with Crippen molar-refractivity contribution in [3.63, 3.8) is 0 Å². The predicted molar refractivity (Wildman–Crippen MR) is 70.6 cm³/mol. The number of fused-ring (bicyclic) bond motifs is 1. The number of hydrogen-bond acceptors (Lipinski definition) is 3. The van der Waals surface area contributed by atoms with Gasteiger partial charge >= 0.3 is 6.16 Å². The number of carbonyl (C=O) groups is 1. The molecule has 0 bridgehead atoms. The predicted octanol–water partition coefficient (Wildman–Crippen LogP) is 3.55. The van der Waals surface area contributed by atoms with E-state index < -0.39 is 6.16 Å². The summed E-state index contributed by atoms with van der Waals surface area (Å²) in [5.41, 5.74) is 1.17. The van der Waals surface area contributed by atoms with Crippen LogP contribution in [0, 0.1) is 0 Å². The summed E-state index contributed by atoms with van der Waals surface area (Å²) in [6.07, 6.45) is -0.165. The normalized spacial score (nSPS) is 12.1. The van der Waals surface area contributed by atoms with E-state index in [2.05, 4.69) is 29.0 Å². The second-order valence-electron chi connectivity index (χ2n) is 4.22. The quantitative estimate of drug-likeness (QED) is 0.774. The Bertz CT molecular complexity index is 543. The highest BCUT2D eigenvalue weighted by Crippen LogP contribution is 2.20. The van der Waals surface area contributed by atoms with Gasteiger partial charge in [0.1, 0.15) is 6.10 Å². The van der Waals surface area contributed by atoms with Gasteiger partial charge in [-0.2, -0.15) is 0 Å². The molecule has 94 valence electrons. The van der Waals surface area contributed by atoms with Crippen molar-refractivity contribution < 1.29 is 14.3 Å². The summed E-state index contributed by atoms with van der Waals surface area (Å²) in [4.78, 5) is 11.0. The van der Waals surface area contributed by atoms with Crippen LogP contribution in [-0.4, -0.2) is 19.4 Å². The Morgan fingerprint density at radius 2 is 1.89 bits per heavy atom. The van der Waals surface area contributed by atoms with Gasteiger partial charge < -0.3 is 9.47 Å². The van der Waals surface area contributed by atoms with E-state index >= 15 is 0 Å². The number of ether oxygens (including phenoxy) is 2. The van der Waals surface area contributed by atoms with E-state index in [1.165, 1.54) is 23.4 Å². The van der Waals surface area contributed by atoms with Crippen LogP contribution in [0.25, 0.3) is 10.8 Å². The first-order valence-corrected chi connectivity index (χ1v) is 5.92. The molecule has 1 unspecified atom stereocenters. The van der Waals surface area contributed by atoms with E-state index in [-0.39, 0.29) is 6.10 Å². The smallest absolute Gasteiger partial charge is 0.438 e. The van der Waals surface area contributed by atoms with Crippen molar-refractivity contribution in [2.45, 2.75) is 19.4 Å². The van der Waals surface area contributed by atoms with Crippen LogP contribution in [0.15, 0.2) is 42.5 Å². The third-order valence-electron chi connectivity index (χ3n) is 2.85. The third kappa shape index (κ3) is 2.80. The Kier molecular flexibility index (Phi) is 3.82. The molecule has 18 heavy (non-hydrogen) atoms. The number of methoxy groups -OCH3 is 1. The highest BCUT2D eigenvalue weighted by atomic mass is 16.7. The van der Waals surface area contributed by atoms with Gasteiger partial charge in [0.05, 0.1) is 7.11 Å². The first-order chi connectivity index (χ1) is 8.70. The second-order valence-corrected chi connectivity index (χ2v) is 4.22. The summed E-state index contributed by atoms with van der Waals surface area (Å²) >= 11 is 0. The molecule has 0 spiro atoms. The zero-order chi connectivity index (χ0) is 13.0. The monoisotopic (exact) mass is 244 g/mol. The van der Waals surface area contributed by atoms with Crippen LogP contribution in [0.3, 0.4) is 0 Å². The molecule has 2 aromatic carbocycles. The van der Waals surface area contributed by atoms with Crippen LogP contribution < -0.4 is 0 Å². The molecule has 0 amide bonds. The molecule has 3 nitrogen and oxygen atoms in total. The fourth-order valence-electron chi connectivity index (χ4n) is 2.03. The van der Waals surface area contributed by atoms with E-state index in [0.717, 1.165) is 0 Å². The minimum atomic E-state index is -0.636. The zero-order valence-electron chi connectivity index (χ0n) is 10.6. The van der Waals surface area contributed by atoms with E-state index in [4.69, 9.17) is 4.74 Å². The average Bonchev–Trinajstić information content (AvgIpc) is 2.39. The van der Waals surface area contributed by atoms with Gasteiger partial charge in [-0.1, -0.05) is 42.5 Å². The molecule has 2 rings (SSSR count). The van der Waals surface area contributed by atoms with Gasteiger partial charge in [-0.3, -0.25) is 0 Å². The van der Waals surface area contributed by atoms with Gasteiger partial charge in [0.15, 0.2) is 0 Å². The topological polar surface area (TPSA) is 35.5 Å². The summed E-state index contributed by atoms with van der Waals surface area (Å²) in [6.45, 7) is 1.86. The largest absolute Gasteiger partial charge is 0.508 e. The van der Waals surface area contributed by atoms with Crippen LogP contribution in [0.5, 0.6) is 0 Å². The molecule has 0 heterocycles. The van der Waals surface area contributed by atoms with Gasteiger partial charge in [0, 0.05) is 6.42 Å². The SMILES string of the molecule is COC(=O)OC(C)Cc1cccc2ccccc12. The summed E-state index contributed by atoms with van der Waals surface area (Å²) in [6, 6.07) is 14.3. The Morgan fingerprint density at radius 1 is 1.17 bits per heavy atom. The molecular weight excluding hydrogens is 228 g/mol. The molecule has 0 aliphatic rings. The minimum Gasteiger partial charge on any atom is -0.438 e.